The summed E-state index contributed by atoms with van der Waals surface area (Å²) in [4.78, 5) is 36.2. The zero-order valence-electron chi connectivity index (χ0n) is 18.2. The third-order valence-corrected chi connectivity index (χ3v) is 5.74. The Hall–Kier alpha value is -2.48. The predicted molar refractivity (Wildman–Crippen MR) is 137 cm³/mol. The maximum absolute atomic E-state index is 12.0. The van der Waals surface area contributed by atoms with Crippen molar-refractivity contribution < 1.29 is 9.59 Å². The van der Waals surface area contributed by atoms with Crippen LogP contribution in [0.25, 0.3) is 0 Å². The minimum atomic E-state index is -0.574. The molecule has 1 saturated heterocycles. The third kappa shape index (κ3) is 7.02. The van der Waals surface area contributed by atoms with E-state index >= 15 is 0 Å². The Morgan fingerprint density at radius 1 is 1.16 bits per heavy atom. The van der Waals surface area contributed by atoms with Crippen LogP contribution in [0.5, 0.6) is 0 Å². The second-order valence-electron chi connectivity index (χ2n) is 7.07. The Balaban J connectivity index is 0.00000363. The third-order valence-electron chi connectivity index (χ3n) is 4.93. The number of carbonyl (C=O) groups excluding carboxylic acids is 2. The number of hydrogen-bond donors (Lipinski definition) is 3. The number of nitrogens with one attached hydrogen (secondary N) is 2. The highest BCUT2D eigenvalue weighted by molar-refractivity contribution is 14.0. The maximum atomic E-state index is 12.0. The lowest BCUT2D eigenvalue weighted by Crippen LogP contribution is -2.52. The van der Waals surface area contributed by atoms with Crippen LogP contribution in [-0.4, -0.2) is 71.8 Å². The molecular weight excluding hydrogens is 543 g/mol. The molecule has 2 aromatic rings. The van der Waals surface area contributed by atoms with Gasteiger partial charge in [0.15, 0.2) is 5.96 Å². The minimum Gasteiger partial charge on any atom is -0.368 e. The first-order chi connectivity index (χ1) is 15.0. The number of aromatic nitrogens is 2. The molecule has 0 unspecified atom stereocenters. The lowest BCUT2D eigenvalue weighted by Gasteiger charge is -2.36. The van der Waals surface area contributed by atoms with Crippen molar-refractivity contribution in [2.24, 2.45) is 10.7 Å². The number of piperazine rings is 1. The molecule has 10 nitrogen and oxygen atoms in total. The van der Waals surface area contributed by atoms with Crippen molar-refractivity contribution >= 4 is 58.4 Å². The molecule has 2 amide bonds. The normalized spacial score (nSPS) is 14.0. The fourth-order valence-corrected chi connectivity index (χ4v) is 3.98. The fraction of sp³-hybridized carbons (Fsp3) is 0.450. The highest BCUT2D eigenvalue weighted by Gasteiger charge is 2.22. The number of hydrogen-bond acceptors (Lipinski definition) is 7. The Kier molecular flexibility index (Phi) is 10.1. The van der Waals surface area contributed by atoms with E-state index in [1.165, 1.54) is 11.5 Å². The smallest absolute Gasteiger partial charge is 0.251 e. The molecule has 2 heterocycles. The van der Waals surface area contributed by atoms with Crippen LogP contribution >= 0.6 is 35.5 Å². The highest BCUT2D eigenvalue weighted by Crippen LogP contribution is 2.19. The molecule has 1 fully saturated rings. The number of aliphatic imine (C=N–C) groups is 1. The number of amides is 2. The predicted octanol–water partition coefficient (Wildman–Crippen LogP) is 0.831. The first-order valence-corrected chi connectivity index (χ1v) is 11.0. The molecule has 1 aromatic heterocycles. The lowest BCUT2D eigenvalue weighted by molar-refractivity contribution is -0.117. The number of aryl methyl sites for hydroxylation is 1. The van der Waals surface area contributed by atoms with Crippen molar-refractivity contribution in [3.63, 3.8) is 0 Å². The second-order valence-corrected chi connectivity index (χ2v) is 7.80. The minimum absolute atomic E-state index is 0. The van der Waals surface area contributed by atoms with E-state index in [1.807, 2.05) is 12.1 Å². The van der Waals surface area contributed by atoms with Gasteiger partial charge in [0.25, 0.3) is 5.91 Å². The van der Waals surface area contributed by atoms with Crippen molar-refractivity contribution in [1.29, 1.82) is 0 Å². The topological polar surface area (TPSA) is 129 Å². The molecule has 1 aliphatic rings. The molecule has 32 heavy (non-hydrogen) atoms. The quantitative estimate of drug-likeness (QED) is 0.255. The van der Waals surface area contributed by atoms with Gasteiger partial charge in [0.05, 0.1) is 6.54 Å². The molecule has 0 aliphatic carbocycles. The van der Waals surface area contributed by atoms with Gasteiger partial charge in [0.1, 0.15) is 5.82 Å². The summed E-state index contributed by atoms with van der Waals surface area (Å²) in [6.07, 6.45) is 0.853. The van der Waals surface area contributed by atoms with Gasteiger partial charge in [0.2, 0.25) is 11.0 Å². The summed E-state index contributed by atoms with van der Waals surface area (Å²) in [6.45, 7) is 5.91. The molecule has 0 spiro atoms. The first kappa shape index (κ1) is 25.8. The number of guanidine groups is 1. The largest absolute Gasteiger partial charge is 0.368 e. The summed E-state index contributed by atoms with van der Waals surface area (Å²) in [5.41, 5.74) is 6.54. The van der Waals surface area contributed by atoms with Gasteiger partial charge < -0.3 is 26.2 Å². The Bertz CT molecular complexity index is 926. The summed E-state index contributed by atoms with van der Waals surface area (Å²) in [6, 6.07) is 7.19. The molecule has 12 heteroatoms. The average Bonchev–Trinajstić information content (AvgIpc) is 3.28. The van der Waals surface area contributed by atoms with Crippen LogP contribution in [-0.2, 0) is 17.8 Å². The first-order valence-electron chi connectivity index (χ1n) is 10.2. The molecule has 0 saturated carbocycles. The van der Waals surface area contributed by atoms with E-state index in [4.69, 9.17) is 5.73 Å². The fourth-order valence-electron chi connectivity index (χ4n) is 3.18. The lowest BCUT2D eigenvalue weighted by atomic mass is 10.1. The Morgan fingerprint density at radius 2 is 1.84 bits per heavy atom. The molecule has 0 atom stereocenters. The van der Waals surface area contributed by atoms with Crippen LogP contribution in [0.15, 0.2) is 29.3 Å². The molecular formula is C20H29IN8O2S. The Morgan fingerprint density at radius 3 is 2.41 bits per heavy atom. The van der Waals surface area contributed by atoms with E-state index in [0.717, 1.165) is 55.1 Å². The summed E-state index contributed by atoms with van der Waals surface area (Å²) in [7, 11) is 1.78. The number of halogens is 1. The number of benzene rings is 1. The van der Waals surface area contributed by atoms with Crippen LogP contribution in [0.3, 0.4) is 0 Å². The van der Waals surface area contributed by atoms with Gasteiger partial charge in [-0.05, 0) is 17.7 Å². The van der Waals surface area contributed by atoms with E-state index < -0.39 is 5.91 Å². The summed E-state index contributed by atoms with van der Waals surface area (Å²) >= 11 is 1.46. The number of rotatable bonds is 7. The highest BCUT2D eigenvalue weighted by atomic mass is 127. The molecule has 1 aromatic carbocycles. The zero-order valence-corrected chi connectivity index (χ0v) is 21.4. The van der Waals surface area contributed by atoms with Gasteiger partial charge in [-0.1, -0.05) is 19.1 Å². The van der Waals surface area contributed by atoms with Gasteiger partial charge in [0, 0.05) is 63.3 Å². The van der Waals surface area contributed by atoms with Crippen LogP contribution < -0.4 is 21.3 Å². The zero-order chi connectivity index (χ0) is 22.2. The van der Waals surface area contributed by atoms with Crippen molar-refractivity contribution in [2.45, 2.75) is 19.9 Å². The molecule has 0 radical (unpaired) electrons. The molecule has 3 rings (SSSR count). The molecule has 174 valence electrons. The Labute approximate surface area is 208 Å². The van der Waals surface area contributed by atoms with Crippen LogP contribution in [0, 0.1) is 0 Å². The van der Waals surface area contributed by atoms with Crippen molar-refractivity contribution in [3.05, 3.63) is 41.2 Å². The van der Waals surface area contributed by atoms with Gasteiger partial charge in [-0.2, -0.15) is 4.37 Å². The van der Waals surface area contributed by atoms with E-state index in [9.17, 15) is 9.59 Å². The van der Waals surface area contributed by atoms with Crippen LogP contribution in [0.2, 0.25) is 0 Å². The number of carbonyl (C=O) groups is 2. The van der Waals surface area contributed by atoms with Crippen LogP contribution in [0.4, 0.5) is 5.13 Å². The number of primary amides is 1. The second kappa shape index (κ2) is 12.5. The monoisotopic (exact) mass is 572 g/mol. The summed E-state index contributed by atoms with van der Waals surface area (Å²) < 4.78 is 4.37. The van der Waals surface area contributed by atoms with Crippen LogP contribution in [0.1, 0.15) is 28.7 Å². The van der Waals surface area contributed by atoms with E-state index in [0.29, 0.717) is 12.1 Å². The average molecular weight is 572 g/mol. The maximum Gasteiger partial charge on any atom is 0.251 e. The van der Waals surface area contributed by atoms with Gasteiger partial charge in [-0.25, -0.2) is 4.98 Å². The van der Waals surface area contributed by atoms with E-state index in [-0.39, 0.29) is 36.4 Å². The van der Waals surface area contributed by atoms with Crippen molar-refractivity contribution in [3.8, 4) is 0 Å². The van der Waals surface area contributed by atoms with Gasteiger partial charge >= 0.3 is 0 Å². The molecule has 4 N–H and O–H groups in total. The number of nitrogens with zero attached hydrogens (tertiary/aromatic N) is 5. The van der Waals surface area contributed by atoms with Crippen molar-refractivity contribution in [2.75, 3.05) is 44.7 Å². The summed E-state index contributed by atoms with van der Waals surface area (Å²) in [5.74, 6) is 0.842. The summed E-state index contributed by atoms with van der Waals surface area (Å²) in [5, 5.41) is 6.84. The van der Waals surface area contributed by atoms with Gasteiger partial charge in [-0.15, -0.1) is 24.0 Å². The molecule has 1 aliphatic heterocycles. The number of anilines is 1. The standard InChI is InChI=1S/C20H28N8O2S.HI/c1-3-17-25-20(31-26-17)28-10-8-27(9-11-28)19(22-2)24-12-14-4-6-15(7-5-14)18(30)23-13-16(21)29;/h4-7H,3,8-13H2,1-2H3,(H2,21,29)(H,22,24)(H,23,30);1H. The van der Waals surface area contributed by atoms with E-state index in [2.05, 4.69) is 41.7 Å². The SMILES string of the molecule is CCc1nsc(N2CCN(C(=NC)NCc3ccc(C(=O)NCC(N)=O)cc3)CC2)n1.I. The molecule has 0 bridgehead atoms. The van der Waals surface area contributed by atoms with E-state index in [1.54, 1.807) is 19.2 Å². The van der Waals surface area contributed by atoms with Gasteiger partial charge in [-0.3, -0.25) is 14.6 Å². The number of nitrogens with two attached hydrogens (primary N) is 1. The van der Waals surface area contributed by atoms with Crippen molar-refractivity contribution in [1.82, 2.24) is 24.9 Å².